The maximum atomic E-state index is 13.6. The van der Waals surface area contributed by atoms with Gasteiger partial charge in [0.1, 0.15) is 15.9 Å². The smallest absolute Gasteiger partial charge is 0.245 e. The van der Waals surface area contributed by atoms with Crippen molar-refractivity contribution in [1.82, 2.24) is 13.1 Å². The number of ether oxygens (including phenoxy) is 1. The van der Waals surface area contributed by atoms with Gasteiger partial charge in [-0.25, -0.2) is 12.8 Å². The lowest BCUT2D eigenvalue weighted by atomic mass is 10.1. The Balaban J connectivity index is 1.40. The molecule has 0 radical (unpaired) electrons. The second-order valence-corrected chi connectivity index (χ2v) is 8.91. The number of sulfonamides is 1. The predicted molar refractivity (Wildman–Crippen MR) is 101 cm³/mol. The van der Waals surface area contributed by atoms with Crippen molar-refractivity contribution in [3.8, 4) is 5.75 Å². The molecule has 1 fully saturated rings. The Bertz CT molecular complexity index is 1050. The van der Waals surface area contributed by atoms with Crippen molar-refractivity contribution < 1.29 is 17.5 Å². The normalized spacial score (nSPS) is 18.2. The molecule has 0 amide bonds. The van der Waals surface area contributed by atoms with E-state index in [0.29, 0.717) is 37.2 Å². The highest BCUT2D eigenvalue weighted by atomic mass is 32.2. The van der Waals surface area contributed by atoms with Gasteiger partial charge in [0, 0.05) is 13.1 Å². The molecule has 142 valence electrons. The number of benzene rings is 2. The molecule has 1 aliphatic heterocycles. The van der Waals surface area contributed by atoms with Gasteiger partial charge in [-0.2, -0.15) is 13.1 Å². The number of aromatic nitrogens is 2. The summed E-state index contributed by atoms with van der Waals surface area (Å²) < 4.78 is 54.8. The van der Waals surface area contributed by atoms with Crippen LogP contribution in [-0.4, -0.2) is 41.2 Å². The maximum Gasteiger partial charge on any atom is 0.245 e. The van der Waals surface area contributed by atoms with Gasteiger partial charge < -0.3 is 4.74 Å². The second kappa shape index (κ2) is 7.49. The predicted octanol–water partition coefficient (Wildman–Crippen LogP) is 3.31. The van der Waals surface area contributed by atoms with Gasteiger partial charge in [0.05, 0.1) is 18.3 Å². The Morgan fingerprint density at radius 3 is 2.89 bits per heavy atom. The van der Waals surface area contributed by atoms with Crippen LogP contribution in [0.2, 0.25) is 0 Å². The van der Waals surface area contributed by atoms with Gasteiger partial charge in [0.2, 0.25) is 10.0 Å². The van der Waals surface area contributed by atoms with Crippen LogP contribution >= 0.6 is 11.7 Å². The minimum absolute atomic E-state index is 0.180. The molecule has 1 saturated heterocycles. The first-order valence-electron chi connectivity index (χ1n) is 8.64. The first-order valence-corrected chi connectivity index (χ1v) is 10.8. The van der Waals surface area contributed by atoms with Gasteiger partial charge in [-0.1, -0.05) is 18.2 Å². The van der Waals surface area contributed by atoms with E-state index in [9.17, 15) is 12.8 Å². The van der Waals surface area contributed by atoms with Crippen LogP contribution < -0.4 is 4.74 Å². The average Bonchev–Trinajstić information content (AvgIpc) is 3.32. The van der Waals surface area contributed by atoms with E-state index in [1.807, 2.05) is 0 Å². The first-order chi connectivity index (χ1) is 13.1. The third-order valence-electron chi connectivity index (χ3n) is 4.74. The number of halogens is 1. The quantitative estimate of drug-likeness (QED) is 0.627. The number of hydrogen-bond acceptors (Lipinski definition) is 6. The first kappa shape index (κ1) is 18.3. The van der Waals surface area contributed by atoms with Crippen molar-refractivity contribution in [3.05, 3.63) is 48.3 Å². The molecule has 0 saturated carbocycles. The fraction of sp³-hybridized carbons (Fsp3) is 0.333. The van der Waals surface area contributed by atoms with Crippen LogP contribution in [0.15, 0.2) is 47.4 Å². The van der Waals surface area contributed by atoms with E-state index in [0.717, 1.165) is 18.1 Å². The van der Waals surface area contributed by atoms with Gasteiger partial charge in [-0.05, 0) is 43.0 Å². The van der Waals surface area contributed by atoms with E-state index in [4.69, 9.17) is 4.74 Å². The van der Waals surface area contributed by atoms with Gasteiger partial charge >= 0.3 is 0 Å². The summed E-state index contributed by atoms with van der Waals surface area (Å²) in [6, 6.07) is 11.3. The third kappa shape index (κ3) is 3.67. The SMILES string of the molecule is O=S(=O)(c1cccc2nsnc12)N1CCC(CCOc2ccccc2F)C1. The third-order valence-corrected chi connectivity index (χ3v) is 7.18. The van der Waals surface area contributed by atoms with Crippen LogP contribution in [-0.2, 0) is 10.0 Å². The Morgan fingerprint density at radius 2 is 2.04 bits per heavy atom. The summed E-state index contributed by atoms with van der Waals surface area (Å²) in [4.78, 5) is 0.206. The average molecular weight is 407 g/mol. The van der Waals surface area contributed by atoms with E-state index in [-0.39, 0.29) is 16.6 Å². The lowest BCUT2D eigenvalue weighted by Gasteiger charge is -2.17. The van der Waals surface area contributed by atoms with Crippen molar-refractivity contribution in [3.63, 3.8) is 0 Å². The molecular formula is C18H18FN3O3S2. The van der Waals surface area contributed by atoms with Gasteiger partial charge in [0.15, 0.2) is 11.6 Å². The summed E-state index contributed by atoms with van der Waals surface area (Å²) in [7, 11) is -3.62. The monoisotopic (exact) mass is 407 g/mol. The molecule has 0 N–H and O–H groups in total. The molecule has 27 heavy (non-hydrogen) atoms. The molecule has 0 bridgehead atoms. The Morgan fingerprint density at radius 1 is 1.19 bits per heavy atom. The molecule has 1 aliphatic rings. The Kier molecular flexibility index (Phi) is 5.07. The molecule has 1 unspecified atom stereocenters. The van der Waals surface area contributed by atoms with Gasteiger partial charge in [0.25, 0.3) is 0 Å². The Labute approximate surface area is 161 Å². The van der Waals surface area contributed by atoms with Crippen molar-refractivity contribution in [2.24, 2.45) is 5.92 Å². The molecule has 9 heteroatoms. The number of fused-ring (bicyclic) bond motifs is 1. The summed E-state index contributed by atoms with van der Waals surface area (Å²) in [6.45, 7) is 1.24. The molecule has 4 rings (SSSR count). The minimum Gasteiger partial charge on any atom is -0.491 e. The van der Waals surface area contributed by atoms with E-state index in [1.54, 1.807) is 36.4 Å². The molecular weight excluding hydrogens is 389 g/mol. The second-order valence-electron chi connectivity index (χ2n) is 6.47. The van der Waals surface area contributed by atoms with Crippen LogP contribution in [0.3, 0.4) is 0 Å². The van der Waals surface area contributed by atoms with E-state index >= 15 is 0 Å². The molecule has 1 aromatic heterocycles. The van der Waals surface area contributed by atoms with Crippen LogP contribution in [0.25, 0.3) is 11.0 Å². The van der Waals surface area contributed by atoms with Crippen molar-refractivity contribution in [1.29, 1.82) is 0 Å². The minimum atomic E-state index is -3.62. The molecule has 0 aliphatic carbocycles. The molecule has 1 atom stereocenters. The van der Waals surface area contributed by atoms with Crippen molar-refractivity contribution in [2.75, 3.05) is 19.7 Å². The largest absolute Gasteiger partial charge is 0.491 e. The standard InChI is InChI=1S/C18H18FN3O3S2/c19-14-4-1-2-6-16(14)25-11-9-13-8-10-22(12-13)27(23,24)17-7-3-5-15-18(17)21-26-20-15/h1-7,13H,8-12H2. The topological polar surface area (TPSA) is 72.4 Å². The highest BCUT2D eigenvalue weighted by Gasteiger charge is 2.34. The number of hydrogen-bond donors (Lipinski definition) is 0. The summed E-state index contributed by atoms with van der Waals surface area (Å²) >= 11 is 1.01. The lowest BCUT2D eigenvalue weighted by molar-refractivity contribution is 0.269. The fourth-order valence-electron chi connectivity index (χ4n) is 3.28. The van der Waals surface area contributed by atoms with Crippen LogP contribution in [0.5, 0.6) is 5.75 Å². The lowest BCUT2D eigenvalue weighted by Crippen LogP contribution is -2.29. The van der Waals surface area contributed by atoms with Crippen molar-refractivity contribution in [2.45, 2.75) is 17.7 Å². The maximum absolute atomic E-state index is 13.6. The Hall–Kier alpha value is -2.10. The van der Waals surface area contributed by atoms with Crippen LogP contribution in [0, 0.1) is 11.7 Å². The van der Waals surface area contributed by atoms with Crippen LogP contribution in [0.1, 0.15) is 12.8 Å². The number of para-hydroxylation sites is 1. The number of nitrogens with zero attached hydrogens (tertiary/aromatic N) is 3. The molecule has 3 aromatic rings. The van der Waals surface area contributed by atoms with E-state index in [1.165, 1.54) is 10.4 Å². The van der Waals surface area contributed by atoms with E-state index in [2.05, 4.69) is 8.75 Å². The molecule has 2 heterocycles. The van der Waals surface area contributed by atoms with Gasteiger partial charge in [-0.3, -0.25) is 0 Å². The summed E-state index contributed by atoms with van der Waals surface area (Å²) in [5.74, 6) is 0.0140. The fourth-order valence-corrected chi connectivity index (χ4v) is 5.56. The molecule has 2 aromatic carbocycles. The number of rotatable bonds is 6. The van der Waals surface area contributed by atoms with Crippen molar-refractivity contribution >= 4 is 32.8 Å². The highest BCUT2D eigenvalue weighted by molar-refractivity contribution is 7.89. The summed E-state index contributed by atoms with van der Waals surface area (Å²) in [5.41, 5.74) is 1.02. The highest BCUT2D eigenvalue weighted by Crippen LogP contribution is 2.29. The zero-order chi connectivity index (χ0) is 18.9. The molecule has 6 nitrogen and oxygen atoms in total. The zero-order valence-electron chi connectivity index (χ0n) is 14.4. The van der Waals surface area contributed by atoms with Gasteiger partial charge in [-0.15, -0.1) is 0 Å². The summed E-state index contributed by atoms with van der Waals surface area (Å²) in [6.07, 6.45) is 1.42. The summed E-state index contributed by atoms with van der Waals surface area (Å²) in [5, 5.41) is 0. The zero-order valence-corrected chi connectivity index (χ0v) is 16.0. The molecule has 0 spiro atoms. The van der Waals surface area contributed by atoms with Crippen LogP contribution in [0.4, 0.5) is 4.39 Å². The van der Waals surface area contributed by atoms with E-state index < -0.39 is 15.8 Å².